The Morgan fingerprint density at radius 3 is 3.00 bits per heavy atom. The number of halogens is 2. The van der Waals surface area contributed by atoms with Crippen LogP contribution in [-0.2, 0) is 17.2 Å². The second-order valence-electron chi connectivity index (χ2n) is 3.87. The van der Waals surface area contributed by atoms with Crippen molar-refractivity contribution >= 4 is 51.1 Å². The molecule has 6 heteroatoms. The number of rotatable bonds is 4. The second-order valence-corrected chi connectivity index (χ2v) is 5.38. The molecule has 4 nitrogen and oxygen atoms in total. The summed E-state index contributed by atoms with van der Waals surface area (Å²) < 4.78 is 3.14. The van der Waals surface area contributed by atoms with Gasteiger partial charge in [-0.25, -0.2) is 4.98 Å². The maximum atomic E-state index is 11.3. The number of aromatic nitrogens is 2. The molecule has 0 unspecified atom stereocenters. The number of carbonyl (C=O) groups excluding carboxylic acids is 1. The predicted molar refractivity (Wildman–Crippen MR) is 80.7 cm³/mol. The maximum Gasteiger partial charge on any atom is 0.221 e. The molecular formula is C12H13ClIN3O. The van der Waals surface area contributed by atoms with Gasteiger partial charge in [0.1, 0.15) is 5.82 Å². The molecule has 1 aromatic heterocycles. The number of imidazole rings is 1. The van der Waals surface area contributed by atoms with Crippen LogP contribution in [0.15, 0.2) is 18.2 Å². The summed E-state index contributed by atoms with van der Waals surface area (Å²) in [4.78, 5) is 15.8. The van der Waals surface area contributed by atoms with Gasteiger partial charge in [0, 0.05) is 23.6 Å². The second kappa shape index (κ2) is 5.88. The number of alkyl halides is 1. The molecule has 1 amide bonds. The highest BCUT2D eigenvalue weighted by Gasteiger charge is 2.11. The minimum Gasteiger partial charge on any atom is -0.359 e. The van der Waals surface area contributed by atoms with Gasteiger partial charge in [0.25, 0.3) is 0 Å². The molecule has 1 heterocycles. The average Bonchev–Trinajstić information content (AvgIpc) is 2.72. The van der Waals surface area contributed by atoms with E-state index in [1.165, 1.54) is 0 Å². The van der Waals surface area contributed by atoms with Crippen LogP contribution < -0.4 is 5.32 Å². The molecule has 0 radical (unpaired) electrons. The Morgan fingerprint density at radius 1 is 1.56 bits per heavy atom. The minimum absolute atomic E-state index is 0.0166. The van der Waals surface area contributed by atoms with Crippen molar-refractivity contribution in [3.05, 3.63) is 27.6 Å². The Labute approximate surface area is 124 Å². The quantitative estimate of drug-likeness (QED) is 0.657. The zero-order chi connectivity index (χ0) is 13.1. The molecule has 2 rings (SSSR count). The molecular weight excluding hydrogens is 365 g/mol. The van der Waals surface area contributed by atoms with Crippen molar-refractivity contribution in [3.8, 4) is 0 Å². The summed E-state index contributed by atoms with van der Waals surface area (Å²) in [5, 5.41) is 2.62. The van der Waals surface area contributed by atoms with Crippen molar-refractivity contribution in [2.24, 2.45) is 0 Å². The summed E-state index contributed by atoms with van der Waals surface area (Å²) in [7, 11) is 1.64. The number of hydrogen-bond donors (Lipinski definition) is 1. The molecule has 0 saturated carbocycles. The van der Waals surface area contributed by atoms with Gasteiger partial charge in [-0.3, -0.25) is 4.79 Å². The van der Waals surface area contributed by atoms with E-state index in [9.17, 15) is 4.79 Å². The Kier molecular flexibility index (Phi) is 4.45. The van der Waals surface area contributed by atoms with Gasteiger partial charge < -0.3 is 9.88 Å². The van der Waals surface area contributed by atoms with Crippen LogP contribution in [-0.4, -0.2) is 22.5 Å². The minimum atomic E-state index is 0.0166. The molecule has 0 spiro atoms. The van der Waals surface area contributed by atoms with Crippen molar-refractivity contribution in [2.45, 2.75) is 18.8 Å². The third kappa shape index (κ3) is 2.77. The summed E-state index contributed by atoms with van der Waals surface area (Å²) in [5.41, 5.74) is 1.95. The molecule has 1 aromatic carbocycles. The highest BCUT2D eigenvalue weighted by atomic mass is 127. The normalized spacial score (nSPS) is 10.8. The third-order valence-corrected chi connectivity index (χ3v) is 3.66. The van der Waals surface area contributed by atoms with E-state index in [4.69, 9.17) is 11.6 Å². The van der Waals surface area contributed by atoms with E-state index >= 15 is 0 Å². The fraction of sp³-hybridized carbons (Fsp3) is 0.333. The van der Waals surface area contributed by atoms with E-state index < -0.39 is 0 Å². The molecule has 0 bridgehead atoms. The van der Waals surface area contributed by atoms with Crippen LogP contribution in [0.3, 0.4) is 0 Å². The summed E-state index contributed by atoms with van der Waals surface area (Å²) in [5.74, 6) is 1.17. The number of nitrogens with zero attached hydrogens (tertiary/aromatic N) is 2. The first-order valence-corrected chi connectivity index (χ1v) is 7.18. The summed E-state index contributed by atoms with van der Waals surface area (Å²) in [6.45, 7) is 0.596. The van der Waals surface area contributed by atoms with Crippen molar-refractivity contribution in [1.82, 2.24) is 14.9 Å². The lowest BCUT2D eigenvalue weighted by atomic mass is 10.3. The standard InChI is InChI=1S/C12H13ClIN3O/c1-15-12(18)4-5-17-10-3-2-8(14)6-9(10)16-11(17)7-13/h2-3,6H,4-5,7H2,1H3,(H,15,18). The highest BCUT2D eigenvalue weighted by Crippen LogP contribution is 2.20. The van der Waals surface area contributed by atoms with Gasteiger partial charge in [-0.15, -0.1) is 11.6 Å². The highest BCUT2D eigenvalue weighted by molar-refractivity contribution is 14.1. The van der Waals surface area contributed by atoms with E-state index in [0.717, 1.165) is 20.4 Å². The molecule has 2 aromatic rings. The number of nitrogens with one attached hydrogen (secondary N) is 1. The Bertz CT molecular complexity index is 582. The van der Waals surface area contributed by atoms with Crippen LogP contribution in [0.5, 0.6) is 0 Å². The predicted octanol–water partition coefficient (Wildman–Crippen LogP) is 2.52. The fourth-order valence-electron chi connectivity index (χ4n) is 1.84. The monoisotopic (exact) mass is 377 g/mol. The lowest BCUT2D eigenvalue weighted by Gasteiger charge is -2.06. The van der Waals surface area contributed by atoms with Crippen LogP contribution >= 0.6 is 34.2 Å². The number of aryl methyl sites for hydroxylation is 1. The Hall–Kier alpha value is -0.820. The van der Waals surface area contributed by atoms with E-state index in [2.05, 4.69) is 32.9 Å². The van der Waals surface area contributed by atoms with Gasteiger partial charge in [-0.2, -0.15) is 0 Å². The van der Waals surface area contributed by atoms with E-state index in [1.807, 2.05) is 22.8 Å². The van der Waals surface area contributed by atoms with Crippen molar-refractivity contribution in [1.29, 1.82) is 0 Å². The van der Waals surface area contributed by atoms with Crippen LogP contribution in [0.2, 0.25) is 0 Å². The van der Waals surface area contributed by atoms with Crippen LogP contribution in [0, 0.1) is 3.57 Å². The first kappa shape index (κ1) is 13.6. The summed E-state index contributed by atoms with van der Waals surface area (Å²) in [6.07, 6.45) is 0.428. The lowest BCUT2D eigenvalue weighted by Crippen LogP contribution is -2.19. The largest absolute Gasteiger partial charge is 0.359 e. The van der Waals surface area contributed by atoms with Crippen LogP contribution in [0.4, 0.5) is 0 Å². The van der Waals surface area contributed by atoms with E-state index in [-0.39, 0.29) is 5.91 Å². The average molecular weight is 378 g/mol. The zero-order valence-electron chi connectivity index (χ0n) is 9.91. The number of fused-ring (bicyclic) bond motifs is 1. The zero-order valence-corrected chi connectivity index (χ0v) is 12.8. The summed E-state index contributed by atoms with van der Waals surface area (Å²) in [6, 6.07) is 6.06. The van der Waals surface area contributed by atoms with Gasteiger partial charge in [0.05, 0.1) is 16.9 Å². The molecule has 18 heavy (non-hydrogen) atoms. The molecule has 0 saturated heterocycles. The lowest BCUT2D eigenvalue weighted by molar-refractivity contribution is -0.120. The van der Waals surface area contributed by atoms with Crippen molar-refractivity contribution < 1.29 is 4.79 Å². The Balaban J connectivity index is 2.37. The molecule has 0 aliphatic heterocycles. The number of benzene rings is 1. The molecule has 0 aliphatic carbocycles. The molecule has 0 aliphatic rings. The van der Waals surface area contributed by atoms with Gasteiger partial charge in [0.2, 0.25) is 5.91 Å². The topological polar surface area (TPSA) is 46.9 Å². The Morgan fingerprint density at radius 2 is 2.33 bits per heavy atom. The first-order chi connectivity index (χ1) is 8.65. The molecule has 96 valence electrons. The van der Waals surface area contributed by atoms with Gasteiger partial charge in [-0.05, 0) is 40.8 Å². The first-order valence-electron chi connectivity index (χ1n) is 5.57. The molecule has 0 fully saturated rings. The van der Waals surface area contributed by atoms with Crippen LogP contribution in [0.1, 0.15) is 12.2 Å². The van der Waals surface area contributed by atoms with E-state index in [1.54, 1.807) is 7.05 Å². The van der Waals surface area contributed by atoms with Crippen LogP contribution in [0.25, 0.3) is 11.0 Å². The van der Waals surface area contributed by atoms with Gasteiger partial charge in [-0.1, -0.05) is 0 Å². The van der Waals surface area contributed by atoms with Gasteiger partial charge in [0.15, 0.2) is 0 Å². The molecule has 0 atom stereocenters. The van der Waals surface area contributed by atoms with Crippen molar-refractivity contribution in [2.75, 3.05) is 7.05 Å². The third-order valence-electron chi connectivity index (χ3n) is 2.75. The van der Waals surface area contributed by atoms with Gasteiger partial charge >= 0.3 is 0 Å². The van der Waals surface area contributed by atoms with Crippen molar-refractivity contribution in [3.63, 3.8) is 0 Å². The fourth-order valence-corrected chi connectivity index (χ4v) is 2.52. The number of amides is 1. The van der Waals surface area contributed by atoms with E-state index in [0.29, 0.717) is 18.8 Å². The smallest absolute Gasteiger partial charge is 0.221 e. The summed E-state index contributed by atoms with van der Waals surface area (Å²) >= 11 is 8.16. The number of carbonyl (C=O) groups is 1. The maximum absolute atomic E-state index is 11.3. The molecule has 1 N–H and O–H groups in total. The SMILES string of the molecule is CNC(=O)CCn1c(CCl)nc2cc(I)ccc21. The number of hydrogen-bond acceptors (Lipinski definition) is 2.